The zero-order chi connectivity index (χ0) is 20.1. The summed E-state index contributed by atoms with van der Waals surface area (Å²) in [5.74, 6) is -2.29. The molecule has 1 aliphatic rings. The lowest BCUT2D eigenvalue weighted by atomic mass is 10.0. The highest BCUT2D eigenvalue weighted by molar-refractivity contribution is 5.93. The van der Waals surface area contributed by atoms with Crippen molar-refractivity contribution in [2.24, 2.45) is 0 Å². The summed E-state index contributed by atoms with van der Waals surface area (Å²) in [5, 5.41) is 27.3. The first-order chi connectivity index (χ1) is 13.5. The number of aliphatic carboxylic acids is 1. The number of carbonyl (C=O) groups is 3. The van der Waals surface area contributed by atoms with Crippen LogP contribution >= 0.6 is 0 Å². The molecule has 0 spiro atoms. The molecule has 3 rings (SSSR count). The van der Waals surface area contributed by atoms with Gasteiger partial charge in [0.1, 0.15) is 12.1 Å². The second-order valence-electron chi connectivity index (χ2n) is 6.86. The number of aromatic amines is 1. The highest BCUT2D eigenvalue weighted by Gasteiger charge is 2.30. The van der Waals surface area contributed by atoms with Gasteiger partial charge < -0.3 is 31.1 Å². The lowest BCUT2D eigenvalue weighted by molar-refractivity contribution is -0.143. The molecule has 1 aliphatic heterocycles. The third-order valence-corrected chi connectivity index (χ3v) is 4.91. The predicted octanol–water partition coefficient (Wildman–Crippen LogP) is -0.491. The molecule has 0 aliphatic carbocycles. The van der Waals surface area contributed by atoms with Crippen LogP contribution in [0.3, 0.4) is 0 Å². The minimum atomic E-state index is -1.43. The summed E-state index contributed by atoms with van der Waals surface area (Å²) in [4.78, 5) is 39.5. The highest BCUT2D eigenvalue weighted by Crippen LogP contribution is 2.19. The Balaban J connectivity index is 1.79. The van der Waals surface area contributed by atoms with Crippen LogP contribution in [-0.2, 0) is 20.8 Å². The van der Waals surface area contributed by atoms with Crippen LogP contribution in [0.2, 0.25) is 0 Å². The van der Waals surface area contributed by atoms with Crippen molar-refractivity contribution >= 4 is 28.7 Å². The van der Waals surface area contributed by atoms with Crippen molar-refractivity contribution in [3.05, 3.63) is 36.0 Å². The van der Waals surface area contributed by atoms with E-state index >= 15 is 0 Å². The van der Waals surface area contributed by atoms with Crippen molar-refractivity contribution in [3.8, 4) is 0 Å². The highest BCUT2D eigenvalue weighted by atomic mass is 16.4. The van der Waals surface area contributed by atoms with E-state index in [9.17, 15) is 19.5 Å². The van der Waals surface area contributed by atoms with Crippen molar-refractivity contribution in [3.63, 3.8) is 0 Å². The summed E-state index contributed by atoms with van der Waals surface area (Å²) in [6.45, 7) is 0.00199. The topological polar surface area (TPSA) is 144 Å². The fourth-order valence-electron chi connectivity index (χ4n) is 3.37. The van der Waals surface area contributed by atoms with Gasteiger partial charge in [-0.25, -0.2) is 4.79 Å². The molecular formula is C19H24N4O5. The van der Waals surface area contributed by atoms with Crippen molar-refractivity contribution in [2.75, 3.05) is 13.2 Å². The Bertz CT molecular complexity index is 859. The molecule has 2 amide bonds. The van der Waals surface area contributed by atoms with E-state index in [1.807, 2.05) is 24.3 Å². The minimum Gasteiger partial charge on any atom is -0.480 e. The third kappa shape index (κ3) is 4.49. The molecule has 2 aromatic rings. The number of carbonyl (C=O) groups excluding carboxylic acids is 2. The number of rotatable bonds is 8. The number of benzene rings is 1. The van der Waals surface area contributed by atoms with E-state index in [0.29, 0.717) is 6.42 Å². The Labute approximate surface area is 161 Å². The van der Waals surface area contributed by atoms with Crippen LogP contribution in [0.25, 0.3) is 10.9 Å². The van der Waals surface area contributed by atoms with Gasteiger partial charge in [0, 0.05) is 23.5 Å². The Morgan fingerprint density at radius 3 is 2.64 bits per heavy atom. The third-order valence-electron chi connectivity index (χ3n) is 4.91. The fraction of sp³-hybridized carbons (Fsp3) is 0.421. The molecule has 3 unspecified atom stereocenters. The summed E-state index contributed by atoms with van der Waals surface area (Å²) in [6, 6.07) is 4.81. The van der Waals surface area contributed by atoms with Gasteiger partial charge in [-0.3, -0.25) is 9.59 Å². The maximum atomic E-state index is 12.7. The number of aliphatic hydroxyl groups excluding tert-OH is 1. The van der Waals surface area contributed by atoms with Crippen molar-refractivity contribution < 1.29 is 24.6 Å². The summed E-state index contributed by atoms with van der Waals surface area (Å²) in [5.41, 5.74) is 1.73. The summed E-state index contributed by atoms with van der Waals surface area (Å²) >= 11 is 0. The van der Waals surface area contributed by atoms with Crippen LogP contribution in [0.15, 0.2) is 30.5 Å². The standard InChI is InChI=1S/C19H24N4O5/c24-10-16(19(27)28)23-18(26)15(22-17(25)14-6-3-7-20-14)8-11-9-21-13-5-2-1-4-12(11)13/h1-2,4-5,9,14-16,20-21,24H,3,6-8,10H2,(H,22,25)(H,23,26)(H,27,28). The van der Waals surface area contributed by atoms with Gasteiger partial charge in [0.25, 0.3) is 0 Å². The van der Waals surface area contributed by atoms with E-state index < -0.39 is 30.6 Å². The van der Waals surface area contributed by atoms with Gasteiger partial charge in [-0.1, -0.05) is 18.2 Å². The van der Waals surface area contributed by atoms with E-state index in [2.05, 4.69) is 20.9 Å². The molecule has 0 radical (unpaired) electrons. The molecule has 1 aromatic heterocycles. The normalized spacial score (nSPS) is 18.5. The molecule has 6 N–H and O–H groups in total. The Morgan fingerprint density at radius 2 is 1.96 bits per heavy atom. The van der Waals surface area contributed by atoms with E-state index in [1.165, 1.54) is 0 Å². The van der Waals surface area contributed by atoms with Gasteiger partial charge in [-0.2, -0.15) is 0 Å². The number of para-hydroxylation sites is 1. The van der Waals surface area contributed by atoms with Crippen LogP contribution in [0.4, 0.5) is 0 Å². The van der Waals surface area contributed by atoms with Gasteiger partial charge >= 0.3 is 5.97 Å². The number of fused-ring (bicyclic) bond motifs is 1. The molecular weight excluding hydrogens is 364 g/mol. The second-order valence-corrected chi connectivity index (χ2v) is 6.86. The van der Waals surface area contributed by atoms with E-state index in [1.54, 1.807) is 6.20 Å². The van der Waals surface area contributed by atoms with Crippen LogP contribution in [0.5, 0.6) is 0 Å². The fourth-order valence-corrected chi connectivity index (χ4v) is 3.37. The number of aliphatic hydroxyl groups is 1. The number of aromatic nitrogens is 1. The van der Waals surface area contributed by atoms with E-state index in [0.717, 1.165) is 29.4 Å². The maximum absolute atomic E-state index is 12.7. The predicted molar refractivity (Wildman–Crippen MR) is 102 cm³/mol. The van der Waals surface area contributed by atoms with E-state index in [4.69, 9.17) is 5.11 Å². The molecule has 1 saturated heterocycles. The lowest BCUT2D eigenvalue weighted by Crippen LogP contribution is -2.55. The summed E-state index contributed by atoms with van der Waals surface area (Å²) in [7, 11) is 0. The van der Waals surface area contributed by atoms with Gasteiger partial charge in [-0.05, 0) is 31.0 Å². The molecule has 2 heterocycles. The molecule has 0 bridgehead atoms. The van der Waals surface area contributed by atoms with Gasteiger partial charge in [-0.15, -0.1) is 0 Å². The SMILES string of the molecule is O=C(O)C(CO)NC(=O)C(Cc1c[nH]c2ccccc12)NC(=O)C1CCCN1. The van der Waals surface area contributed by atoms with Crippen LogP contribution < -0.4 is 16.0 Å². The minimum absolute atomic E-state index is 0.187. The lowest BCUT2D eigenvalue weighted by Gasteiger charge is -2.22. The number of nitrogens with one attached hydrogen (secondary N) is 4. The zero-order valence-electron chi connectivity index (χ0n) is 15.3. The molecule has 9 nitrogen and oxygen atoms in total. The quantitative estimate of drug-likeness (QED) is 0.360. The number of carboxylic acid groups (broad SMARTS) is 1. The molecule has 1 aromatic carbocycles. The largest absolute Gasteiger partial charge is 0.480 e. The number of hydrogen-bond donors (Lipinski definition) is 6. The van der Waals surface area contributed by atoms with Crippen molar-refractivity contribution in [2.45, 2.75) is 37.4 Å². The Kier molecular flexibility index (Phi) is 6.27. The van der Waals surface area contributed by atoms with Crippen molar-refractivity contribution in [1.82, 2.24) is 20.9 Å². The average molecular weight is 388 g/mol. The number of carboxylic acids is 1. The monoisotopic (exact) mass is 388 g/mol. The first-order valence-corrected chi connectivity index (χ1v) is 9.22. The van der Waals surface area contributed by atoms with Gasteiger partial charge in [0.05, 0.1) is 12.6 Å². The van der Waals surface area contributed by atoms with E-state index in [-0.39, 0.29) is 18.4 Å². The van der Waals surface area contributed by atoms with Gasteiger partial charge in [0.15, 0.2) is 0 Å². The average Bonchev–Trinajstić information content (AvgIpc) is 3.35. The Morgan fingerprint density at radius 1 is 1.18 bits per heavy atom. The molecule has 150 valence electrons. The maximum Gasteiger partial charge on any atom is 0.328 e. The summed E-state index contributed by atoms with van der Waals surface area (Å²) < 4.78 is 0. The Hall–Kier alpha value is -2.91. The van der Waals surface area contributed by atoms with Crippen LogP contribution in [0.1, 0.15) is 18.4 Å². The zero-order valence-corrected chi connectivity index (χ0v) is 15.3. The van der Waals surface area contributed by atoms with Crippen LogP contribution in [0, 0.1) is 0 Å². The van der Waals surface area contributed by atoms with Crippen molar-refractivity contribution in [1.29, 1.82) is 0 Å². The number of hydrogen-bond acceptors (Lipinski definition) is 5. The first kappa shape index (κ1) is 19.8. The number of amides is 2. The smallest absolute Gasteiger partial charge is 0.328 e. The molecule has 28 heavy (non-hydrogen) atoms. The molecule has 9 heteroatoms. The molecule has 0 saturated carbocycles. The molecule has 1 fully saturated rings. The van der Waals surface area contributed by atoms with Gasteiger partial charge in [0.2, 0.25) is 11.8 Å². The molecule has 3 atom stereocenters. The number of H-pyrrole nitrogens is 1. The van der Waals surface area contributed by atoms with Crippen LogP contribution in [-0.4, -0.2) is 64.3 Å². The first-order valence-electron chi connectivity index (χ1n) is 9.22. The summed E-state index contributed by atoms with van der Waals surface area (Å²) in [6.07, 6.45) is 3.52. The second kappa shape index (κ2) is 8.85.